The van der Waals surface area contributed by atoms with E-state index in [2.05, 4.69) is 9.82 Å². The van der Waals surface area contributed by atoms with Crippen LogP contribution in [0.1, 0.15) is 23.9 Å². The van der Waals surface area contributed by atoms with E-state index in [1.165, 1.54) is 38.3 Å². The van der Waals surface area contributed by atoms with Crippen LogP contribution in [-0.4, -0.2) is 37.3 Å². The number of nitrogens with zero attached hydrogens (tertiary/aromatic N) is 2. The number of aryl methyl sites for hydroxylation is 2. The molecule has 1 heterocycles. The summed E-state index contributed by atoms with van der Waals surface area (Å²) in [6.07, 6.45) is 0. The fourth-order valence-electron chi connectivity index (χ4n) is 3.01. The fourth-order valence-corrected chi connectivity index (χ4v) is 4.20. The van der Waals surface area contributed by atoms with Crippen LogP contribution in [-0.2, 0) is 26.2 Å². The molecule has 0 unspecified atom stereocenters. The van der Waals surface area contributed by atoms with Gasteiger partial charge in [-0.25, -0.2) is 13.1 Å². The maximum absolute atomic E-state index is 12.5. The molecule has 31 heavy (non-hydrogen) atoms. The highest BCUT2D eigenvalue weighted by Crippen LogP contribution is 2.16. The molecular weight excluding hydrogens is 418 g/mol. The van der Waals surface area contributed by atoms with E-state index in [1.807, 2.05) is 48.9 Å². The molecule has 3 aromatic rings. The van der Waals surface area contributed by atoms with Crippen LogP contribution in [0.4, 0.5) is 0 Å². The number of benzene rings is 2. The van der Waals surface area contributed by atoms with Crippen LogP contribution in [0.15, 0.2) is 59.5 Å². The van der Waals surface area contributed by atoms with Gasteiger partial charge in [0.1, 0.15) is 18.4 Å². The summed E-state index contributed by atoms with van der Waals surface area (Å²) in [6.45, 7) is 5.38. The Morgan fingerprint density at radius 1 is 1.10 bits per heavy atom. The molecule has 2 aromatic carbocycles. The molecule has 1 atom stereocenters. The third-order valence-corrected chi connectivity index (χ3v) is 6.18. The molecule has 8 nitrogen and oxygen atoms in total. The third-order valence-electron chi connectivity index (χ3n) is 4.63. The SMILES string of the molecule is COc1ccc(S(=O)(=O)N[C@@H](C)C(=O)OCc2ccc(-n3nc(C)cc3C)cc2)cc1. The number of esters is 1. The van der Waals surface area contributed by atoms with Crippen molar-refractivity contribution < 1.29 is 22.7 Å². The minimum absolute atomic E-state index is 0.0326. The summed E-state index contributed by atoms with van der Waals surface area (Å²) in [5.41, 5.74) is 3.64. The molecule has 164 valence electrons. The standard InChI is InChI=1S/C22H25N3O5S/c1-15-13-16(2)25(23-15)19-7-5-18(6-8-19)14-30-22(26)17(3)24-31(27,28)21-11-9-20(29-4)10-12-21/h5-13,17,24H,14H2,1-4H3/t17-/m0/s1. The number of ether oxygens (including phenoxy) is 2. The summed E-state index contributed by atoms with van der Waals surface area (Å²) in [5.74, 6) is -0.130. The zero-order valence-corrected chi connectivity index (χ0v) is 18.6. The highest BCUT2D eigenvalue weighted by atomic mass is 32.2. The number of carbonyl (C=O) groups excluding carboxylic acids is 1. The van der Waals surface area contributed by atoms with Crippen molar-refractivity contribution in [1.29, 1.82) is 0 Å². The summed E-state index contributed by atoms with van der Waals surface area (Å²) in [4.78, 5) is 12.3. The van der Waals surface area contributed by atoms with E-state index in [1.54, 1.807) is 0 Å². The molecular formula is C22H25N3O5S. The number of sulfonamides is 1. The highest BCUT2D eigenvalue weighted by Gasteiger charge is 2.23. The van der Waals surface area contributed by atoms with Gasteiger partial charge in [-0.1, -0.05) is 12.1 Å². The Labute approximate surface area is 181 Å². The van der Waals surface area contributed by atoms with Gasteiger partial charge in [0, 0.05) is 5.69 Å². The van der Waals surface area contributed by atoms with Crippen molar-refractivity contribution in [2.75, 3.05) is 7.11 Å². The van der Waals surface area contributed by atoms with Gasteiger partial charge in [0.15, 0.2) is 0 Å². The van der Waals surface area contributed by atoms with Crippen LogP contribution in [0.25, 0.3) is 5.69 Å². The van der Waals surface area contributed by atoms with Crippen LogP contribution in [0.5, 0.6) is 5.75 Å². The van der Waals surface area contributed by atoms with Crippen molar-refractivity contribution >= 4 is 16.0 Å². The first kappa shape index (κ1) is 22.5. The smallest absolute Gasteiger partial charge is 0.324 e. The normalized spacial score (nSPS) is 12.4. The van der Waals surface area contributed by atoms with E-state index in [-0.39, 0.29) is 11.5 Å². The van der Waals surface area contributed by atoms with E-state index in [0.717, 1.165) is 22.6 Å². The number of carbonyl (C=O) groups is 1. The second-order valence-corrected chi connectivity index (χ2v) is 8.85. The van der Waals surface area contributed by atoms with Gasteiger partial charge >= 0.3 is 5.97 Å². The highest BCUT2D eigenvalue weighted by molar-refractivity contribution is 7.89. The average Bonchev–Trinajstić information content (AvgIpc) is 3.10. The summed E-state index contributed by atoms with van der Waals surface area (Å²) < 4.78 is 39.4. The lowest BCUT2D eigenvalue weighted by Gasteiger charge is -2.14. The van der Waals surface area contributed by atoms with E-state index in [4.69, 9.17) is 9.47 Å². The van der Waals surface area contributed by atoms with Gasteiger partial charge in [0.05, 0.1) is 23.4 Å². The monoisotopic (exact) mass is 443 g/mol. The summed E-state index contributed by atoms with van der Waals surface area (Å²) in [6, 6.07) is 14.3. The molecule has 0 fully saturated rings. The van der Waals surface area contributed by atoms with Gasteiger partial charge in [0.25, 0.3) is 0 Å². The molecule has 0 saturated heterocycles. The van der Waals surface area contributed by atoms with Gasteiger partial charge < -0.3 is 9.47 Å². The first-order valence-electron chi connectivity index (χ1n) is 9.65. The molecule has 1 N–H and O–H groups in total. The van der Waals surface area contributed by atoms with E-state index >= 15 is 0 Å². The molecule has 0 aliphatic rings. The number of nitrogens with one attached hydrogen (secondary N) is 1. The lowest BCUT2D eigenvalue weighted by Crippen LogP contribution is -2.39. The minimum Gasteiger partial charge on any atom is -0.497 e. The molecule has 0 radical (unpaired) electrons. The first-order chi connectivity index (χ1) is 14.7. The Hall–Kier alpha value is -3.17. The summed E-state index contributed by atoms with van der Waals surface area (Å²) in [5, 5.41) is 4.44. The molecule has 9 heteroatoms. The fraction of sp³-hybridized carbons (Fsp3) is 0.273. The molecule has 0 aliphatic carbocycles. The molecule has 0 spiro atoms. The summed E-state index contributed by atoms with van der Waals surface area (Å²) >= 11 is 0. The first-order valence-corrected chi connectivity index (χ1v) is 11.1. The quantitative estimate of drug-likeness (QED) is 0.538. The maximum atomic E-state index is 12.5. The molecule has 0 bridgehead atoms. The second kappa shape index (κ2) is 9.32. The van der Waals surface area contributed by atoms with Crippen molar-refractivity contribution in [3.8, 4) is 11.4 Å². The van der Waals surface area contributed by atoms with Crippen LogP contribution in [0.3, 0.4) is 0 Å². The Kier molecular flexibility index (Phi) is 6.77. The van der Waals surface area contributed by atoms with Crippen molar-refractivity contribution in [1.82, 2.24) is 14.5 Å². The predicted octanol–water partition coefficient (Wildman–Crippen LogP) is 2.91. The van der Waals surface area contributed by atoms with E-state index < -0.39 is 22.0 Å². The van der Waals surface area contributed by atoms with Crippen molar-refractivity contribution in [2.45, 2.75) is 38.3 Å². The number of aromatic nitrogens is 2. The molecule has 3 rings (SSSR count). The van der Waals surface area contributed by atoms with Crippen LogP contribution < -0.4 is 9.46 Å². The number of hydrogen-bond acceptors (Lipinski definition) is 6. The zero-order valence-electron chi connectivity index (χ0n) is 17.8. The lowest BCUT2D eigenvalue weighted by atomic mass is 10.2. The average molecular weight is 444 g/mol. The molecule has 1 aromatic heterocycles. The summed E-state index contributed by atoms with van der Waals surface area (Å²) in [7, 11) is -2.37. The van der Waals surface area contributed by atoms with Crippen molar-refractivity contribution in [3.05, 3.63) is 71.5 Å². The Morgan fingerprint density at radius 3 is 2.29 bits per heavy atom. The Bertz CT molecular complexity index is 1150. The topological polar surface area (TPSA) is 99.5 Å². The Balaban J connectivity index is 1.57. The van der Waals surface area contributed by atoms with Crippen molar-refractivity contribution in [3.63, 3.8) is 0 Å². The maximum Gasteiger partial charge on any atom is 0.324 e. The van der Waals surface area contributed by atoms with Crippen LogP contribution >= 0.6 is 0 Å². The van der Waals surface area contributed by atoms with Gasteiger partial charge in [-0.05, 0) is 68.8 Å². The number of methoxy groups -OCH3 is 1. The van der Waals surface area contributed by atoms with Crippen LogP contribution in [0, 0.1) is 13.8 Å². The van der Waals surface area contributed by atoms with E-state index in [9.17, 15) is 13.2 Å². The largest absolute Gasteiger partial charge is 0.497 e. The van der Waals surface area contributed by atoms with E-state index in [0.29, 0.717) is 5.75 Å². The number of rotatable bonds is 8. The minimum atomic E-state index is -3.87. The van der Waals surface area contributed by atoms with Gasteiger partial charge in [-0.15, -0.1) is 0 Å². The third kappa shape index (κ3) is 5.50. The second-order valence-electron chi connectivity index (χ2n) is 7.13. The van der Waals surface area contributed by atoms with Crippen molar-refractivity contribution in [2.24, 2.45) is 0 Å². The molecule has 0 amide bonds. The molecule has 0 saturated carbocycles. The predicted molar refractivity (Wildman–Crippen MR) is 116 cm³/mol. The van der Waals surface area contributed by atoms with Gasteiger partial charge in [-0.3, -0.25) is 4.79 Å². The van der Waals surface area contributed by atoms with Gasteiger partial charge in [0.2, 0.25) is 10.0 Å². The van der Waals surface area contributed by atoms with Gasteiger partial charge in [-0.2, -0.15) is 9.82 Å². The van der Waals surface area contributed by atoms with Crippen LogP contribution in [0.2, 0.25) is 0 Å². The Morgan fingerprint density at radius 2 is 1.74 bits per heavy atom. The lowest BCUT2D eigenvalue weighted by molar-refractivity contribution is -0.146. The number of hydrogen-bond donors (Lipinski definition) is 1. The molecule has 0 aliphatic heterocycles. The zero-order chi connectivity index (χ0) is 22.6.